The van der Waals surface area contributed by atoms with E-state index in [4.69, 9.17) is 19.2 Å². The van der Waals surface area contributed by atoms with Crippen molar-refractivity contribution in [1.82, 2.24) is 9.97 Å². The Morgan fingerprint density at radius 1 is 0.921 bits per heavy atom. The molecule has 0 amide bonds. The zero-order valence-electron chi connectivity index (χ0n) is 22.1. The third-order valence-corrected chi connectivity index (χ3v) is 10.5. The van der Waals surface area contributed by atoms with E-state index in [0.29, 0.717) is 16.5 Å². The first-order valence-corrected chi connectivity index (χ1v) is 15.3. The summed E-state index contributed by atoms with van der Waals surface area (Å²) in [5.41, 5.74) is -0.581. The SMILES string of the molecule is CCOC(=O)C(C)(COC)c1cnc(SC)nc1N=P(c1ccccc1)(c1ccccc1)c1ccccc1. The molecular formula is C30H32N3O3PS. The van der Waals surface area contributed by atoms with Gasteiger partial charge in [-0.05, 0) is 20.1 Å². The quantitative estimate of drug-likeness (QED) is 0.114. The molecule has 0 aliphatic heterocycles. The highest BCUT2D eigenvalue weighted by Crippen LogP contribution is 2.50. The number of methoxy groups -OCH3 is 1. The fourth-order valence-electron chi connectivity index (χ4n) is 4.44. The average Bonchev–Trinajstić information content (AvgIpc) is 2.97. The number of aromatic nitrogens is 2. The second kappa shape index (κ2) is 12.5. The summed E-state index contributed by atoms with van der Waals surface area (Å²) >= 11 is 1.43. The third kappa shape index (κ3) is 5.46. The lowest BCUT2D eigenvalue weighted by Gasteiger charge is -2.30. The van der Waals surface area contributed by atoms with E-state index in [9.17, 15) is 4.79 Å². The van der Waals surface area contributed by atoms with E-state index in [-0.39, 0.29) is 13.2 Å². The van der Waals surface area contributed by atoms with Gasteiger partial charge in [0.1, 0.15) is 5.41 Å². The van der Waals surface area contributed by atoms with Gasteiger partial charge in [-0.25, -0.2) is 14.7 Å². The number of rotatable bonds is 10. The van der Waals surface area contributed by atoms with Crippen molar-refractivity contribution in [2.45, 2.75) is 24.4 Å². The molecule has 4 rings (SSSR count). The topological polar surface area (TPSA) is 73.7 Å². The lowest BCUT2D eigenvalue weighted by atomic mass is 9.84. The maximum absolute atomic E-state index is 13.3. The van der Waals surface area contributed by atoms with Crippen LogP contribution >= 0.6 is 18.8 Å². The number of nitrogens with zero attached hydrogens (tertiary/aromatic N) is 3. The van der Waals surface area contributed by atoms with Crippen molar-refractivity contribution in [2.75, 3.05) is 26.6 Å². The van der Waals surface area contributed by atoms with Gasteiger partial charge in [0.15, 0.2) is 11.0 Å². The number of carbonyl (C=O) groups excluding carboxylic acids is 1. The summed E-state index contributed by atoms with van der Waals surface area (Å²) in [6, 6.07) is 30.9. The van der Waals surface area contributed by atoms with Crippen LogP contribution in [0, 0.1) is 0 Å². The van der Waals surface area contributed by atoms with Crippen molar-refractivity contribution >= 4 is 46.5 Å². The fraction of sp³-hybridized carbons (Fsp3) is 0.233. The molecule has 1 unspecified atom stereocenters. The molecular weight excluding hydrogens is 513 g/mol. The van der Waals surface area contributed by atoms with Gasteiger partial charge in [0.2, 0.25) is 0 Å². The molecule has 4 aromatic rings. The van der Waals surface area contributed by atoms with Crippen LogP contribution in [0.25, 0.3) is 0 Å². The van der Waals surface area contributed by atoms with Gasteiger partial charge in [0.25, 0.3) is 0 Å². The maximum atomic E-state index is 13.3. The largest absolute Gasteiger partial charge is 0.465 e. The van der Waals surface area contributed by atoms with E-state index >= 15 is 0 Å². The number of benzene rings is 3. The molecule has 196 valence electrons. The molecule has 0 aliphatic carbocycles. The average molecular weight is 546 g/mol. The van der Waals surface area contributed by atoms with Crippen LogP contribution < -0.4 is 15.9 Å². The lowest BCUT2D eigenvalue weighted by Crippen LogP contribution is -2.39. The Labute approximate surface area is 228 Å². The Hall–Kier alpha value is -3.25. The maximum Gasteiger partial charge on any atom is 0.318 e. The number of esters is 1. The van der Waals surface area contributed by atoms with Crippen molar-refractivity contribution in [3.05, 3.63) is 103 Å². The minimum atomic E-state index is -2.63. The van der Waals surface area contributed by atoms with Gasteiger partial charge in [-0.15, -0.1) is 0 Å². The number of thioether (sulfide) groups is 1. The molecule has 0 N–H and O–H groups in total. The van der Waals surface area contributed by atoms with E-state index in [1.165, 1.54) is 11.8 Å². The number of carbonyl (C=O) groups is 1. The molecule has 38 heavy (non-hydrogen) atoms. The molecule has 1 aromatic heterocycles. The highest BCUT2D eigenvalue weighted by Gasteiger charge is 2.41. The molecule has 3 aromatic carbocycles. The minimum absolute atomic E-state index is 0.101. The molecule has 1 atom stereocenters. The normalized spacial score (nSPS) is 12.9. The summed E-state index contributed by atoms with van der Waals surface area (Å²) in [6.45, 7) is 3.95. The monoisotopic (exact) mass is 545 g/mol. The number of hydrogen-bond donors (Lipinski definition) is 0. The first kappa shape index (κ1) is 27.8. The van der Waals surface area contributed by atoms with E-state index in [1.54, 1.807) is 27.2 Å². The molecule has 0 fully saturated rings. The number of hydrogen-bond acceptors (Lipinski definition) is 7. The summed E-state index contributed by atoms with van der Waals surface area (Å²) in [4.78, 5) is 22.8. The molecule has 0 radical (unpaired) electrons. The Bertz CT molecular complexity index is 1320. The summed E-state index contributed by atoms with van der Waals surface area (Å²) in [6.07, 6.45) is 3.62. The highest BCUT2D eigenvalue weighted by atomic mass is 32.2. The van der Waals surface area contributed by atoms with Crippen LogP contribution in [0.5, 0.6) is 0 Å². The van der Waals surface area contributed by atoms with E-state index < -0.39 is 18.4 Å². The third-order valence-electron chi connectivity index (χ3n) is 6.32. The molecule has 0 saturated heterocycles. The highest BCUT2D eigenvalue weighted by molar-refractivity contribution is 7.98. The van der Waals surface area contributed by atoms with Gasteiger partial charge in [0, 0.05) is 34.8 Å². The predicted molar refractivity (Wildman–Crippen MR) is 157 cm³/mol. The van der Waals surface area contributed by atoms with Gasteiger partial charge < -0.3 is 9.47 Å². The zero-order valence-corrected chi connectivity index (χ0v) is 23.8. The molecule has 8 heteroatoms. The van der Waals surface area contributed by atoms with Crippen LogP contribution in [0.1, 0.15) is 19.4 Å². The first-order chi connectivity index (χ1) is 18.5. The van der Waals surface area contributed by atoms with Crippen LogP contribution in [-0.4, -0.2) is 42.5 Å². The van der Waals surface area contributed by atoms with Gasteiger partial charge in [-0.1, -0.05) is 103 Å². The molecule has 0 spiro atoms. The second-order valence-electron chi connectivity index (χ2n) is 8.82. The van der Waals surface area contributed by atoms with Gasteiger partial charge in [-0.2, -0.15) is 0 Å². The van der Waals surface area contributed by atoms with Crippen LogP contribution in [0.2, 0.25) is 0 Å². The van der Waals surface area contributed by atoms with Crippen molar-refractivity contribution in [1.29, 1.82) is 0 Å². The Balaban J connectivity index is 2.16. The van der Waals surface area contributed by atoms with E-state index in [1.807, 2.05) is 60.9 Å². The van der Waals surface area contributed by atoms with Crippen LogP contribution in [-0.2, 0) is 19.7 Å². The van der Waals surface area contributed by atoms with Crippen LogP contribution in [0.15, 0.2) is 107 Å². The smallest absolute Gasteiger partial charge is 0.318 e. The van der Waals surface area contributed by atoms with Crippen molar-refractivity contribution in [2.24, 2.45) is 4.74 Å². The van der Waals surface area contributed by atoms with Gasteiger partial charge in [-0.3, -0.25) is 4.79 Å². The molecule has 0 aliphatic rings. The predicted octanol–water partition coefficient (Wildman–Crippen LogP) is 5.47. The van der Waals surface area contributed by atoms with Crippen molar-refractivity contribution < 1.29 is 14.3 Å². The van der Waals surface area contributed by atoms with Gasteiger partial charge in [0.05, 0.1) is 20.3 Å². The van der Waals surface area contributed by atoms with Crippen LogP contribution in [0.4, 0.5) is 5.82 Å². The molecule has 0 saturated carbocycles. The first-order valence-electron chi connectivity index (χ1n) is 12.4. The summed E-state index contributed by atoms with van der Waals surface area (Å²) in [5, 5.41) is 3.81. The second-order valence-corrected chi connectivity index (χ2v) is 12.6. The van der Waals surface area contributed by atoms with Crippen molar-refractivity contribution in [3.8, 4) is 0 Å². The zero-order chi connectivity index (χ0) is 27.0. The summed E-state index contributed by atoms with van der Waals surface area (Å²) < 4.78 is 16.6. The van der Waals surface area contributed by atoms with E-state index in [0.717, 1.165) is 15.9 Å². The number of ether oxygens (including phenoxy) is 2. The van der Waals surface area contributed by atoms with E-state index in [2.05, 4.69) is 41.4 Å². The summed E-state index contributed by atoms with van der Waals surface area (Å²) in [7, 11) is -1.06. The Kier molecular flexibility index (Phi) is 9.16. The Morgan fingerprint density at radius 3 is 1.84 bits per heavy atom. The van der Waals surface area contributed by atoms with Crippen LogP contribution in [0.3, 0.4) is 0 Å². The summed E-state index contributed by atoms with van der Waals surface area (Å²) in [5.74, 6) is 0.0590. The minimum Gasteiger partial charge on any atom is -0.465 e. The van der Waals surface area contributed by atoms with Gasteiger partial charge >= 0.3 is 5.97 Å². The lowest BCUT2D eigenvalue weighted by molar-refractivity contribution is -0.151. The molecule has 6 nitrogen and oxygen atoms in total. The fourth-order valence-corrected chi connectivity index (χ4v) is 8.26. The molecule has 0 bridgehead atoms. The molecule has 1 heterocycles. The Morgan fingerprint density at radius 2 is 1.42 bits per heavy atom. The van der Waals surface area contributed by atoms with Crippen molar-refractivity contribution in [3.63, 3.8) is 0 Å². The standard InChI is InChI=1S/C30H32N3O3PS/c1-5-36-28(34)30(2,22-35-3)26-21-31-29(38-4)32-27(26)33-37(23-15-9-6-10-16-23,24-17-11-7-12-18-24)25-19-13-8-14-20-25/h6-21H,5,22H2,1-4H3.